The van der Waals surface area contributed by atoms with Crippen LogP contribution in [-0.4, -0.2) is 21.6 Å². The molecular weight excluding hydrogens is 309 g/mol. The van der Waals surface area contributed by atoms with Crippen molar-refractivity contribution in [3.8, 4) is 0 Å². The summed E-state index contributed by atoms with van der Waals surface area (Å²) in [6.07, 6.45) is -4.18. The van der Waals surface area contributed by atoms with Gasteiger partial charge in [-0.1, -0.05) is 6.58 Å². The lowest BCUT2D eigenvalue weighted by Gasteiger charge is -2.13. The fourth-order valence-corrected chi connectivity index (χ4v) is 2.72. The van der Waals surface area contributed by atoms with E-state index < -0.39 is 29.5 Å². The van der Waals surface area contributed by atoms with Crippen molar-refractivity contribution in [1.29, 1.82) is 0 Å². The highest BCUT2D eigenvalue weighted by Gasteiger charge is 2.32. The molecule has 2 rings (SSSR count). The number of hydrogen-bond donors (Lipinski definition) is 0. The Morgan fingerprint density at radius 2 is 2.05 bits per heavy atom. The third-order valence-electron chi connectivity index (χ3n) is 2.90. The summed E-state index contributed by atoms with van der Waals surface area (Å²) in [5.74, 6) is 0. The van der Waals surface area contributed by atoms with Crippen molar-refractivity contribution < 1.29 is 18.0 Å². The maximum absolute atomic E-state index is 12.6. The molecule has 0 spiro atoms. The first-order chi connectivity index (χ1) is 9.66. The Morgan fingerprint density at radius 3 is 2.57 bits per heavy atom. The fraction of sp³-hybridized carbons (Fsp3) is 0.250. The predicted octanol–water partition coefficient (Wildman–Crippen LogP) is 1.69. The van der Waals surface area contributed by atoms with Crippen molar-refractivity contribution in [3.63, 3.8) is 0 Å². The second kappa shape index (κ2) is 4.99. The van der Waals surface area contributed by atoms with Gasteiger partial charge in [0.2, 0.25) is 0 Å². The van der Waals surface area contributed by atoms with Gasteiger partial charge in [-0.3, -0.25) is 18.7 Å². The summed E-state index contributed by atoms with van der Waals surface area (Å²) in [6.45, 7) is 2.11. The minimum atomic E-state index is -4.65. The van der Waals surface area contributed by atoms with Crippen molar-refractivity contribution in [3.05, 3.63) is 43.9 Å². The molecule has 0 aliphatic rings. The number of fused-ring (bicyclic) bond motifs is 1. The number of halogens is 3. The standard InChI is InChI=1S/C12H9F3N2O3S/c1-6(12(13,14)15)4-17-10-8(3-7(5-18)21-10)9(19)16(2)11(17)20/h3,5H,1,4H2,2H3. The van der Waals surface area contributed by atoms with Crippen molar-refractivity contribution in [2.24, 2.45) is 7.05 Å². The first-order valence-electron chi connectivity index (χ1n) is 5.60. The zero-order valence-electron chi connectivity index (χ0n) is 10.7. The smallest absolute Gasteiger partial charge is 0.297 e. The number of hydrogen-bond acceptors (Lipinski definition) is 4. The van der Waals surface area contributed by atoms with E-state index in [1.807, 2.05) is 0 Å². The molecule has 2 aromatic rings. The predicted molar refractivity (Wildman–Crippen MR) is 71.9 cm³/mol. The van der Waals surface area contributed by atoms with E-state index in [9.17, 15) is 27.6 Å². The molecule has 0 aliphatic carbocycles. The largest absolute Gasteiger partial charge is 0.413 e. The number of nitrogens with zero attached hydrogens (tertiary/aromatic N) is 2. The topological polar surface area (TPSA) is 61.1 Å². The van der Waals surface area contributed by atoms with Crippen LogP contribution in [0.4, 0.5) is 13.2 Å². The molecule has 9 heteroatoms. The molecule has 2 heterocycles. The van der Waals surface area contributed by atoms with Gasteiger partial charge < -0.3 is 0 Å². The number of carbonyl (C=O) groups is 1. The fourth-order valence-electron chi connectivity index (χ4n) is 1.77. The van der Waals surface area contributed by atoms with Crippen LogP contribution in [0.2, 0.25) is 0 Å². The summed E-state index contributed by atoms with van der Waals surface area (Å²) < 4.78 is 39.2. The van der Waals surface area contributed by atoms with Crippen LogP contribution in [0.15, 0.2) is 27.8 Å². The van der Waals surface area contributed by atoms with Crippen molar-refractivity contribution >= 4 is 27.8 Å². The lowest BCUT2D eigenvalue weighted by molar-refractivity contribution is -0.0943. The van der Waals surface area contributed by atoms with Crippen LogP contribution < -0.4 is 11.2 Å². The SMILES string of the molecule is C=C(Cn1c(=O)n(C)c(=O)c2cc(C=O)sc21)C(F)(F)F. The second-order valence-electron chi connectivity index (χ2n) is 4.32. The van der Waals surface area contributed by atoms with Gasteiger partial charge in [0.05, 0.1) is 16.8 Å². The maximum Gasteiger partial charge on any atom is 0.413 e. The van der Waals surface area contributed by atoms with E-state index in [1.165, 1.54) is 6.07 Å². The van der Waals surface area contributed by atoms with Gasteiger partial charge in [0.25, 0.3) is 5.56 Å². The summed E-state index contributed by atoms with van der Waals surface area (Å²) in [4.78, 5) is 34.9. The van der Waals surface area contributed by atoms with Crippen LogP contribution in [0, 0.1) is 0 Å². The summed E-state index contributed by atoms with van der Waals surface area (Å²) in [7, 11) is 1.16. The van der Waals surface area contributed by atoms with Crippen LogP contribution in [0.5, 0.6) is 0 Å². The van der Waals surface area contributed by atoms with Crippen molar-refractivity contribution in [2.75, 3.05) is 0 Å². The van der Waals surface area contributed by atoms with E-state index >= 15 is 0 Å². The number of thiophene rings is 1. The molecule has 0 N–H and O–H groups in total. The molecule has 2 aromatic heterocycles. The van der Waals surface area contributed by atoms with Crippen LogP contribution in [0.3, 0.4) is 0 Å². The first-order valence-corrected chi connectivity index (χ1v) is 6.42. The number of aldehydes is 1. The highest BCUT2D eigenvalue weighted by molar-refractivity contribution is 7.20. The Bertz CT molecular complexity index is 857. The van der Waals surface area contributed by atoms with Gasteiger partial charge in [0.1, 0.15) is 4.83 Å². The van der Waals surface area contributed by atoms with Crippen molar-refractivity contribution in [1.82, 2.24) is 9.13 Å². The van der Waals surface area contributed by atoms with E-state index in [0.717, 1.165) is 23.0 Å². The molecule has 5 nitrogen and oxygen atoms in total. The molecule has 21 heavy (non-hydrogen) atoms. The molecule has 0 atom stereocenters. The quantitative estimate of drug-likeness (QED) is 0.639. The van der Waals surface area contributed by atoms with E-state index in [4.69, 9.17) is 0 Å². The summed E-state index contributed by atoms with van der Waals surface area (Å²) in [6, 6.07) is 1.25. The number of aromatic nitrogens is 2. The van der Waals surface area contributed by atoms with Crippen LogP contribution >= 0.6 is 11.3 Å². The molecule has 112 valence electrons. The zero-order chi connectivity index (χ0) is 15.9. The minimum Gasteiger partial charge on any atom is -0.297 e. The van der Waals surface area contributed by atoms with Gasteiger partial charge in [0.15, 0.2) is 6.29 Å². The third-order valence-corrected chi connectivity index (χ3v) is 3.98. The zero-order valence-corrected chi connectivity index (χ0v) is 11.5. The Kier molecular flexibility index (Phi) is 3.62. The Morgan fingerprint density at radius 1 is 1.43 bits per heavy atom. The molecule has 0 radical (unpaired) electrons. The number of carbonyl (C=O) groups excluding carboxylic acids is 1. The maximum atomic E-state index is 12.6. The Balaban J connectivity index is 2.76. The van der Waals surface area contributed by atoms with Gasteiger partial charge in [-0.15, -0.1) is 11.3 Å². The van der Waals surface area contributed by atoms with Gasteiger partial charge in [-0.2, -0.15) is 13.2 Å². The summed E-state index contributed by atoms with van der Waals surface area (Å²) in [5.41, 5.74) is -2.67. The number of allylic oxidation sites excluding steroid dienone is 1. The lowest BCUT2D eigenvalue weighted by atomic mass is 10.3. The molecule has 0 aromatic carbocycles. The Hall–Kier alpha value is -2.16. The molecule has 0 saturated carbocycles. The van der Waals surface area contributed by atoms with Gasteiger partial charge in [0, 0.05) is 12.6 Å². The lowest BCUT2D eigenvalue weighted by Crippen LogP contribution is -2.38. The average molecular weight is 318 g/mol. The third kappa shape index (κ3) is 2.56. The number of alkyl halides is 3. The van der Waals surface area contributed by atoms with Gasteiger partial charge >= 0.3 is 11.9 Å². The molecule has 0 aliphatic heterocycles. The highest BCUT2D eigenvalue weighted by atomic mass is 32.1. The summed E-state index contributed by atoms with van der Waals surface area (Å²) >= 11 is 0.787. The monoisotopic (exact) mass is 318 g/mol. The van der Waals surface area contributed by atoms with Gasteiger partial charge in [-0.05, 0) is 6.07 Å². The molecule has 0 fully saturated rings. The Labute approximate surface area is 119 Å². The molecule has 0 bridgehead atoms. The highest BCUT2D eigenvalue weighted by Crippen LogP contribution is 2.27. The van der Waals surface area contributed by atoms with Crippen molar-refractivity contribution in [2.45, 2.75) is 12.7 Å². The molecule has 0 unspecified atom stereocenters. The van der Waals surface area contributed by atoms with Crippen LogP contribution in [0.1, 0.15) is 9.67 Å². The van der Waals surface area contributed by atoms with Crippen LogP contribution in [0.25, 0.3) is 10.2 Å². The van der Waals surface area contributed by atoms with E-state index in [1.54, 1.807) is 0 Å². The molecular formula is C12H9F3N2O3S. The minimum absolute atomic E-state index is 0.0237. The first kappa shape index (κ1) is 15.2. The van der Waals surface area contributed by atoms with Gasteiger partial charge in [-0.25, -0.2) is 4.79 Å². The number of rotatable bonds is 3. The van der Waals surface area contributed by atoms with E-state index in [2.05, 4.69) is 6.58 Å². The van der Waals surface area contributed by atoms with Crippen LogP contribution in [-0.2, 0) is 13.6 Å². The average Bonchev–Trinajstić information content (AvgIpc) is 2.84. The molecule has 0 saturated heterocycles. The second-order valence-corrected chi connectivity index (χ2v) is 5.38. The van der Waals surface area contributed by atoms with E-state index in [0.29, 0.717) is 10.9 Å². The molecule has 0 amide bonds. The van der Waals surface area contributed by atoms with E-state index in [-0.39, 0.29) is 15.1 Å². The normalized spacial score (nSPS) is 11.8. The summed E-state index contributed by atoms with van der Waals surface area (Å²) in [5, 5.41) is 0.0270.